The molecule has 1 N–H and O–H groups in total. The van der Waals surface area contributed by atoms with E-state index in [4.69, 9.17) is 4.74 Å². The van der Waals surface area contributed by atoms with Crippen LogP contribution in [0.1, 0.15) is 43.5 Å². The van der Waals surface area contributed by atoms with E-state index in [2.05, 4.69) is 25.8 Å². The van der Waals surface area contributed by atoms with Crippen LogP contribution in [0, 0.1) is 0 Å². The minimum Gasteiger partial charge on any atom is -0.507 e. The Bertz CT molecular complexity index is 1460. The minimum absolute atomic E-state index is 0.0351. The Morgan fingerprint density at radius 3 is 2.25 bits per heavy atom. The highest BCUT2D eigenvalue weighted by Crippen LogP contribution is 2.44. The number of ether oxygens (including phenoxy) is 1. The average molecular weight is 499 g/mol. The molecule has 1 amide bonds. The summed E-state index contributed by atoms with van der Waals surface area (Å²) >= 11 is 1.34. The predicted molar refractivity (Wildman–Crippen MR) is 143 cm³/mol. The zero-order valence-electron chi connectivity index (χ0n) is 20.5. The van der Waals surface area contributed by atoms with E-state index in [0.29, 0.717) is 16.4 Å². The van der Waals surface area contributed by atoms with Gasteiger partial charge in [-0.3, -0.25) is 14.5 Å². The van der Waals surface area contributed by atoms with Crippen LogP contribution in [0.4, 0.5) is 5.13 Å². The molecule has 7 heteroatoms. The highest BCUT2D eigenvalue weighted by atomic mass is 32.1. The molecular formula is C29H26N2O4S. The van der Waals surface area contributed by atoms with Gasteiger partial charge in [0.1, 0.15) is 11.5 Å². The summed E-state index contributed by atoms with van der Waals surface area (Å²) in [6.45, 7) is 6.37. The number of rotatable bonds is 4. The van der Waals surface area contributed by atoms with Gasteiger partial charge in [-0.25, -0.2) is 4.98 Å². The molecule has 4 aromatic rings. The van der Waals surface area contributed by atoms with Gasteiger partial charge in [-0.2, -0.15) is 0 Å². The molecule has 3 aromatic carbocycles. The van der Waals surface area contributed by atoms with Crippen molar-refractivity contribution >= 4 is 44.1 Å². The maximum atomic E-state index is 13.4. The van der Waals surface area contributed by atoms with Gasteiger partial charge in [0.15, 0.2) is 5.13 Å². The van der Waals surface area contributed by atoms with Gasteiger partial charge < -0.3 is 9.84 Å². The maximum Gasteiger partial charge on any atom is 0.301 e. The molecule has 2 heterocycles. The second kappa shape index (κ2) is 8.91. The Balaban J connectivity index is 1.70. The fourth-order valence-electron chi connectivity index (χ4n) is 4.38. The van der Waals surface area contributed by atoms with Crippen LogP contribution in [-0.4, -0.2) is 28.9 Å². The van der Waals surface area contributed by atoms with Crippen LogP contribution < -0.4 is 9.64 Å². The monoisotopic (exact) mass is 498 g/mol. The molecular weight excluding hydrogens is 472 g/mol. The largest absolute Gasteiger partial charge is 0.507 e. The number of carbonyl (C=O) groups is 2. The third-order valence-corrected chi connectivity index (χ3v) is 7.42. The Labute approximate surface area is 213 Å². The van der Waals surface area contributed by atoms with Crippen molar-refractivity contribution in [1.82, 2.24) is 4.98 Å². The summed E-state index contributed by atoms with van der Waals surface area (Å²) in [5, 5.41) is 11.7. The number of benzene rings is 3. The van der Waals surface area contributed by atoms with Gasteiger partial charge in [0.2, 0.25) is 0 Å². The SMILES string of the molecule is COc1ccc(/C(O)=C2\C(=O)C(=O)N(c3nc4ccccc4s3)C2c2ccc(C(C)(C)C)cc2)cc1. The highest BCUT2D eigenvalue weighted by Gasteiger charge is 2.48. The molecule has 1 saturated heterocycles. The van der Waals surface area contributed by atoms with Gasteiger partial charge in [-0.05, 0) is 52.9 Å². The van der Waals surface area contributed by atoms with Crippen LogP contribution in [0.3, 0.4) is 0 Å². The summed E-state index contributed by atoms with van der Waals surface area (Å²) in [6.07, 6.45) is 0. The normalized spacial score (nSPS) is 17.7. The number of para-hydroxylation sites is 1. The zero-order valence-corrected chi connectivity index (χ0v) is 21.3. The Kier molecular flexibility index (Phi) is 5.88. The van der Waals surface area contributed by atoms with Gasteiger partial charge in [-0.15, -0.1) is 0 Å². The molecule has 1 aromatic heterocycles. The van der Waals surface area contributed by atoms with Crippen LogP contribution in [0.25, 0.3) is 16.0 Å². The van der Waals surface area contributed by atoms with Crippen LogP contribution in [0.5, 0.6) is 5.75 Å². The topological polar surface area (TPSA) is 79.7 Å². The number of hydrogen-bond acceptors (Lipinski definition) is 6. The van der Waals surface area contributed by atoms with Crippen LogP contribution in [0.15, 0.2) is 78.4 Å². The number of aliphatic hydroxyl groups is 1. The number of anilines is 1. The van der Waals surface area contributed by atoms with Crippen molar-refractivity contribution < 1.29 is 19.4 Å². The number of hydrogen-bond donors (Lipinski definition) is 1. The van der Waals surface area contributed by atoms with Crippen molar-refractivity contribution in [2.45, 2.75) is 32.2 Å². The smallest absolute Gasteiger partial charge is 0.301 e. The fraction of sp³-hybridized carbons (Fsp3) is 0.207. The van der Waals surface area contributed by atoms with Gasteiger partial charge in [-0.1, -0.05) is 68.5 Å². The van der Waals surface area contributed by atoms with Crippen LogP contribution >= 0.6 is 11.3 Å². The molecule has 6 nitrogen and oxygen atoms in total. The van der Waals surface area contributed by atoms with E-state index in [0.717, 1.165) is 21.3 Å². The Morgan fingerprint density at radius 2 is 1.64 bits per heavy atom. The molecule has 1 fully saturated rings. The van der Waals surface area contributed by atoms with Crippen LogP contribution in [-0.2, 0) is 15.0 Å². The van der Waals surface area contributed by atoms with Gasteiger partial charge in [0.25, 0.3) is 5.78 Å². The zero-order chi connectivity index (χ0) is 25.6. The lowest BCUT2D eigenvalue weighted by Crippen LogP contribution is -2.29. The number of aliphatic hydroxyl groups excluding tert-OH is 1. The Morgan fingerprint density at radius 1 is 0.972 bits per heavy atom. The number of ketones is 1. The van der Waals surface area contributed by atoms with Gasteiger partial charge in [0, 0.05) is 5.56 Å². The van der Waals surface area contributed by atoms with Crippen molar-refractivity contribution in [3.63, 3.8) is 0 Å². The number of fused-ring (bicyclic) bond motifs is 1. The molecule has 0 aliphatic carbocycles. The third kappa shape index (κ3) is 4.05. The molecule has 0 spiro atoms. The summed E-state index contributed by atoms with van der Waals surface area (Å²) in [6, 6.07) is 21.3. The number of methoxy groups -OCH3 is 1. The summed E-state index contributed by atoms with van der Waals surface area (Å²) in [7, 11) is 1.56. The van der Waals surface area contributed by atoms with Crippen molar-refractivity contribution in [2.24, 2.45) is 0 Å². The first kappa shape index (κ1) is 23.8. The molecule has 0 saturated carbocycles. The van der Waals surface area contributed by atoms with Gasteiger partial charge in [0.05, 0.1) is 28.9 Å². The predicted octanol–water partition coefficient (Wildman–Crippen LogP) is 6.23. The Hall–Kier alpha value is -3.97. The molecule has 1 aliphatic heterocycles. The number of Topliss-reactive ketones (excluding diaryl/α,β-unsaturated/α-hetero) is 1. The van der Waals surface area contributed by atoms with E-state index >= 15 is 0 Å². The molecule has 1 unspecified atom stereocenters. The molecule has 0 radical (unpaired) electrons. The van der Waals surface area contributed by atoms with Crippen molar-refractivity contribution in [1.29, 1.82) is 0 Å². The summed E-state index contributed by atoms with van der Waals surface area (Å²) in [4.78, 5) is 32.9. The van der Waals surface area contributed by atoms with Crippen molar-refractivity contribution in [3.05, 3.63) is 95.1 Å². The van der Waals surface area contributed by atoms with E-state index in [1.54, 1.807) is 31.4 Å². The second-order valence-electron chi connectivity index (χ2n) is 9.73. The third-order valence-electron chi connectivity index (χ3n) is 6.39. The van der Waals surface area contributed by atoms with E-state index < -0.39 is 17.7 Å². The number of amides is 1. The molecule has 0 bridgehead atoms. The van der Waals surface area contributed by atoms with Crippen molar-refractivity contribution in [2.75, 3.05) is 12.0 Å². The molecule has 182 valence electrons. The number of thiazole rings is 1. The lowest BCUT2D eigenvalue weighted by atomic mass is 9.85. The number of nitrogens with zero attached hydrogens (tertiary/aromatic N) is 2. The molecule has 1 atom stereocenters. The second-order valence-corrected chi connectivity index (χ2v) is 10.7. The van der Waals surface area contributed by atoms with E-state index in [1.165, 1.54) is 16.2 Å². The summed E-state index contributed by atoms with van der Waals surface area (Å²) in [5.74, 6) is -1.07. The first-order valence-corrected chi connectivity index (χ1v) is 12.4. The highest BCUT2D eigenvalue weighted by molar-refractivity contribution is 7.22. The van der Waals surface area contributed by atoms with E-state index in [-0.39, 0.29) is 16.7 Å². The minimum atomic E-state index is -0.818. The van der Waals surface area contributed by atoms with Crippen molar-refractivity contribution in [3.8, 4) is 5.75 Å². The van der Waals surface area contributed by atoms with Gasteiger partial charge >= 0.3 is 5.91 Å². The average Bonchev–Trinajstić information content (AvgIpc) is 3.41. The molecule has 5 rings (SSSR count). The lowest BCUT2D eigenvalue weighted by Gasteiger charge is -2.24. The summed E-state index contributed by atoms with van der Waals surface area (Å²) in [5.41, 5.74) is 2.99. The first-order valence-electron chi connectivity index (χ1n) is 11.6. The molecule has 36 heavy (non-hydrogen) atoms. The van der Waals surface area contributed by atoms with E-state index in [9.17, 15) is 14.7 Å². The lowest BCUT2D eigenvalue weighted by molar-refractivity contribution is -0.132. The molecule has 1 aliphatic rings. The maximum absolute atomic E-state index is 13.4. The quantitative estimate of drug-likeness (QED) is 0.205. The first-order chi connectivity index (χ1) is 17.2. The standard InChI is InChI=1S/C29H26N2O4S/c1-29(2,3)19-13-9-17(10-14-19)24-23(25(32)18-11-15-20(35-4)16-12-18)26(33)27(34)31(24)28-30-21-7-5-6-8-22(21)36-28/h5-16,24,32H,1-4H3/b25-23+. The van der Waals surface area contributed by atoms with E-state index in [1.807, 2.05) is 48.5 Å². The number of aromatic nitrogens is 1. The number of carbonyl (C=O) groups excluding carboxylic acids is 2. The van der Waals surface area contributed by atoms with Crippen LogP contribution in [0.2, 0.25) is 0 Å². The fourth-order valence-corrected chi connectivity index (χ4v) is 5.37. The summed E-state index contributed by atoms with van der Waals surface area (Å²) < 4.78 is 6.12.